The Hall–Kier alpha value is 0.300. The molecule has 0 saturated carbocycles. The van der Waals surface area contributed by atoms with Gasteiger partial charge in [0.25, 0.3) is 0 Å². The second-order valence-electron chi connectivity index (χ2n) is 6.46. The molecule has 0 aliphatic carbocycles. The van der Waals surface area contributed by atoms with Crippen LogP contribution >= 0.6 is 15.2 Å². The van der Waals surface area contributed by atoms with Crippen molar-refractivity contribution in [2.45, 2.75) is 47.1 Å². The quantitative estimate of drug-likeness (QED) is 0.758. The van der Waals surface area contributed by atoms with Gasteiger partial charge in [-0.15, -0.1) is 0 Å². The Morgan fingerprint density at radius 2 is 1.39 bits per heavy atom. The van der Waals surface area contributed by atoms with Crippen LogP contribution in [-0.2, 0) is 18.2 Å². The fourth-order valence-electron chi connectivity index (χ4n) is 1.26. The molecule has 0 aliphatic rings. The summed E-state index contributed by atoms with van der Waals surface area (Å²) in [5.74, 6) is 0. The lowest BCUT2D eigenvalue weighted by Crippen LogP contribution is -2.19. The van der Waals surface area contributed by atoms with Crippen LogP contribution in [0.4, 0.5) is 0 Å². The minimum absolute atomic E-state index is 0.0878. The van der Waals surface area contributed by atoms with Crippen molar-refractivity contribution in [1.29, 1.82) is 0 Å². The summed E-state index contributed by atoms with van der Waals surface area (Å²) in [6.45, 7) is 10.2. The van der Waals surface area contributed by atoms with Gasteiger partial charge in [-0.3, -0.25) is 13.7 Å². The average molecular weight is 302 g/mol. The molecule has 2 atom stereocenters. The molecule has 0 heterocycles. The lowest BCUT2D eigenvalue weighted by atomic mass is 10.0. The maximum Gasteiger partial charge on any atom is 0.354 e. The Morgan fingerprint density at radius 3 is 1.72 bits per heavy atom. The number of hydrogen-bond donors (Lipinski definition) is 2. The van der Waals surface area contributed by atoms with Crippen LogP contribution < -0.4 is 0 Å². The summed E-state index contributed by atoms with van der Waals surface area (Å²) in [6, 6.07) is 0. The molecule has 0 amide bonds. The predicted octanol–water partition coefficient (Wildman–Crippen LogP) is 3.19. The first-order valence-corrected chi connectivity index (χ1v) is 9.13. The van der Waals surface area contributed by atoms with Gasteiger partial charge < -0.3 is 14.3 Å². The summed E-state index contributed by atoms with van der Waals surface area (Å²) in [5, 5.41) is 0. The zero-order valence-electron chi connectivity index (χ0n) is 11.8. The first-order chi connectivity index (χ1) is 7.62. The first-order valence-electron chi connectivity index (χ1n) is 5.61. The van der Waals surface area contributed by atoms with Crippen molar-refractivity contribution in [3.63, 3.8) is 0 Å². The molecule has 0 radical (unpaired) electrons. The summed E-state index contributed by atoms with van der Waals surface area (Å²) >= 11 is 0. The normalized spacial score (nSPS) is 20.2. The van der Waals surface area contributed by atoms with Crippen LogP contribution in [0, 0.1) is 5.41 Å². The molecule has 0 bridgehead atoms. The lowest BCUT2D eigenvalue weighted by Gasteiger charge is -2.25. The summed E-state index contributed by atoms with van der Waals surface area (Å²) in [4.78, 5) is 19.0. The Bertz CT molecular complexity index is 330. The van der Waals surface area contributed by atoms with Crippen molar-refractivity contribution in [2.75, 3.05) is 12.5 Å². The molecule has 0 aromatic carbocycles. The minimum atomic E-state index is -4.03. The van der Waals surface area contributed by atoms with Gasteiger partial charge in [0.15, 0.2) is 6.35 Å². The van der Waals surface area contributed by atoms with Crippen LogP contribution in [0.5, 0.6) is 0 Å². The van der Waals surface area contributed by atoms with Crippen molar-refractivity contribution in [2.24, 2.45) is 5.41 Å². The van der Waals surface area contributed by atoms with Crippen LogP contribution in [0.1, 0.15) is 41.5 Å². The highest BCUT2D eigenvalue weighted by molar-refractivity contribution is 7.55. The predicted molar refractivity (Wildman–Crippen MR) is 70.8 cm³/mol. The lowest BCUT2D eigenvalue weighted by molar-refractivity contribution is 0.101. The van der Waals surface area contributed by atoms with E-state index in [0.717, 1.165) is 0 Å². The molecule has 0 rings (SSSR count). The van der Waals surface area contributed by atoms with Crippen molar-refractivity contribution < 1.29 is 28.0 Å². The molecule has 18 heavy (non-hydrogen) atoms. The van der Waals surface area contributed by atoms with Crippen molar-refractivity contribution in [3.05, 3.63) is 0 Å². The van der Waals surface area contributed by atoms with E-state index >= 15 is 0 Å². The fourth-order valence-corrected chi connectivity index (χ4v) is 4.77. The molecule has 2 unspecified atom stereocenters. The SMILES string of the molecule is CC(C)(C)CP(=O)(O)OCP(=O)(O)OC(C)(C)C. The van der Waals surface area contributed by atoms with Crippen LogP contribution in [0.2, 0.25) is 0 Å². The van der Waals surface area contributed by atoms with Gasteiger partial charge in [0.05, 0.1) is 11.8 Å². The smallest absolute Gasteiger partial charge is 0.324 e. The molecular weight excluding hydrogens is 278 g/mol. The molecule has 2 N–H and O–H groups in total. The fraction of sp³-hybridized carbons (Fsp3) is 1.00. The topological polar surface area (TPSA) is 93.1 Å². The average Bonchev–Trinajstić information content (AvgIpc) is 1.91. The van der Waals surface area contributed by atoms with Crippen LogP contribution in [0.15, 0.2) is 0 Å². The molecule has 6 nitrogen and oxygen atoms in total. The van der Waals surface area contributed by atoms with E-state index in [4.69, 9.17) is 4.52 Å². The third kappa shape index (κ3) is 10.2. The molecule has 0 aromatic heterocycles. The van der Waals surface area contributed by atoms with E-state index in [1.165, 1.54) is 0 Å². The zero-order chi connectivity index (χ0) is 14.8. The summed E-state index contributed by atoms with van der Waals surface area (Å²) in [7, 11) is -7.92. The van der Waals surface area contributed by atoms with Gasteiger partial charge in [-0.1, -0.05) is 20.8 Å². The van der Waals surface area contributed by atoms with Gasteiger partial charge >= 0.3 is 15.2 Å². The molecule has 0 saturated heterocycles. The second kappa shape index (κ2) is 5.74. The van der Waals surface area contributed by atoms with Gasteiger partial charge in [-0.25, -0.2) is 0 Å². The third-order valence-electron chi connectivity index (χ3n) is 1.51. The Kier molecular flexibility index (Phi) is 5.83. The van der Waals surface area contributed by atoms with Crippen LogP contribution in [0.25, 0.3) is 0 Å². The van der Waals surface area contributed by atoms with E-state index in [0.29, 0.717) is 0 Å². The highest BCUT2D eigenvalue weighted by Gasteiger charge is 2.33. The van der Waals surface area contributed by atoms with Crippen molar-refractivity contribution in [1.82, 2.24) is 0 Å². The Balaban J connectivity index is 4.49. The molecule has 0 spiro atoms. The maximum absolute atomic E-state index is 11.7. The summed E-state index contributed by atoms with van der Waals surface area (Å²) in [5.41, 5.74) is -1.23. The van der Waals surface area contributed by atoms with Gasteiger partial charge in [-0.2, -0.15) is 0 Å². The molecule has 0 fully saturated rings. The standard InChI is InChI=1S/C10H24O6P2/c1-9(2,3)7-17(11,12)15-8-18(13,14)16-10(4,5)6/h7-8H2,1-6H3,(H,11,12)(H,13,14). The Morgan fingerprint density at radius 1 is 0.944 bits per heavy atom. The van der Waals surface area contributed by atoms with Crippen molar-refractivity contribution >= 4 is 15.2 Å². The van der Waals surface area contributed by atoms with E-state index in [1.807, 2.05) is 0 Å². The first kappa shape index (κ1) is 18.3. The molecular formula is C10H24O6P2. The maximum atomic E-state index is 11.7. The minimum Gasteiger partial charge on any atom is -0.324 e. The molecule has 0 aromatic rings. The van der Waals surface area contributed by atoms with Gasteiger partial charge in [0.1, 0.15) is 0 Å². The summed E-state index contributed by atoms with van der Waals surface area (Å²) in [6.07, 6.45) is -0.871. The number of hydrogen-bond acceptors (Lipinski definition) is 4. The van der Waals surface area contributed by atoms with E-state index in [1.54, 1.807) is 41.5 Å². The molecule has 110 valence electrons. The molecule has 0 aliphatic heterocycles. The van der Waals surface area contributed by atoms with Gasteiger partial charge in [-0.05, 0) is 26.2 Å². The van der Waals surface area contributed by atoms with E-state index in [-0.39, 0.29) is 6.16 Å². The largest absolute Gasteiger partial charge is 0.354 e. The van der Waals surface area contributed by atoms with Gasteiger partial charge in [0, 0.05) is 0 Å². The summed E-state index contributed by atoms with van der Waals surface area (Å²) < 4.78 is 32.9. The zero-order valence-corrected chi connectivity index (χ0v) is 13.6. The Labute approximate surface area is 109 Å². The highest BCUT2D eigenvalue weighted by Crippen LogP contribution is 2.54. The van der Waals surface area contributed by atoms with E-state index in [2.05, 4.69) is 4.52 Å². The van der Waals surface area contributed by atoms with Crippen LogP contribution in [0.3, 0.4) is 0 Å². The van der Waals surface area contributed by atoms with Crippen molar-refractivity contribution in [3.8, 4) is 0 Å². The highest BCUT2D eigenvalue weighted by atomic mass is 31.2. The number of rotatable bonds is 5. The monoisotopic (exact) mass is 302 g/mol. The molecule has 8 heteroatoms. The van der Waals surface area contributed by atoms with E-state index < -0.39 is 32.6 Å². The third-order valence-corrected chi connectivity index (χ3v) is 4.89. The van der Waals surface area contributed by atoms with Crippen LogP contribution in [-0.4, -0.2) is 27.9 Å². The van der Waals surface area contributed by atoms with E-state index in [9.17, 15) is 18.9 Å². The van der Waals surface area contributed by atoms with Gasteiger partial charge in [0.2, 0.25) is 0 Å². The second-order valence-corrected chi connectivity index (χ2v) is 10.0.